The predicted octanol–water partition coefficient (Wildman–Crippen LogP) is 3.92. The maximum atomic E-state index is 12.4. The topological polar surface area (TPSA) is 41.6 Å². The van der Waals surface area contributed by atoms with Gasteiger partial charge in [0, 0.05) is 29.7 Å². The van der Waals surface area contributed by atoms with Gasteiger partial charge >= 0.3 is 0 Å². The van der Waals surface area contributed by atoms with Crippen LogP contribution < -0.4 is 10.2 Å². The molecule has 132 valence electrons. The smallest absolute Gasteiger partial charge is 0.237 e. The monoisotopic (exact) mass is 348 g/mol. The SMILES string of the molecule is C[C@@H](SC1CCCCC1)C(=O)Nc1ccc(N2CCOCC2)cc1. The first kappa shape index (κ1) is 17.6. The van der Waals surface area contributed by atoms with Gasteiger partial charge in [0.1, 0.15) is 0 Å². The maximum absolute atomic E-state index is 12.4. The van der Waals surface area contributed by atoms with Gasteiger partial charge in [0.15, 0.2) is 0 Å². The molecule has 0 radical (unpaired) electrons. The van der Waals surface area contributed by atoms with Gasteiger partial charge < -0.3 is 15.0 Å². The van der Waals surface area contributed by atoms with Gasteiger partial charge in [-0.15, -0.1) is 11.8 Å². The highest BCUT2D eigenvalue weighted by molar-refractivity contribution is 8.01. The molecule has 1 saturated carbocycles. The molecule has 24 heavy (non-hydrogen) atoms. The van der Waals surface area contributed by atoms with E-state index in [0.29, 0.717) is 5.25 Å². The van der Waals surface area contributed by atoms with Gasteiger partial charge in [0.2, 0.25) is 5.91 Å². The van der Waals surface area contributed by atoms with Gasteiger partial charge in [-0.1, -0.05) is 19.3 Å². The van der Waals surface area contributed by atoms with E-state index in [4.69, 9.17) is 4.74 Å². The first-order valence-electron chi connectivity index (χ1n) is 9.11. The van der Waals surface area contributed by atoms with E-state index in [2.05, 4.69) is 22.3 Å². The number of rotatable bonds is 5. The molecule has 4 nitrogen and oxygen atoms in total. The summed E-state index contributed by atoms with van der Waals surface area (Å²) in [6.45, 7) is 5.46. The summed E-state index contributed by atoms with van der Waals surface area (Å²) < 4.78 is 5.39. The molecule has 1 aliphatic heterocycles. The number of hydrogen-bond acceptors (Lipinski definition) is 4. The number of amides is 1. The highest BCUT2D eigenvalue weighted by atomic mass is 32.2. The van der Waals surface area contributed by atoms with Crippen molar-refractivity contribution in [3.63, 3.8) is 0 Å². The number of thioether (sulfide) groups is 1. The Morgan fingerprint density at radius 2 is 1.83 bits per heavy atom. The Hall–Kier alpha value is -1.20. The van der Waals surface area contributed by atoms with E-state index in [1.807, 2.05) is 30.8 Å². The van der Waals surface area contributed by atoms with E-state index in [-0.39, 0.29) is 11.2 Å². The molecule has 0 unspecified atom stereocenters. The standard InChI is InChI=1S/C19H28N2O2S/c1-15(24-18-5-3-2-4-6-18)19(22)20-16-7-9-17(10-8-16)21-11-13-23-14-12-21/h7-10,15,18H,2-6,11-14H2,1H3,(H,20,22)/t15-/m1/s1. The number of anilines is 2. The van der Waals surface area contributed by atoms with Gasteiger partial charge in [-0.3, -0.25) is 4.79 Å². The first-order valence-corrected chi connectivity index (χ1v) is 10.1. The summed E-state index contributed by atoms with van der Waals surface area (Å²) in [6.07, 6.45) is 6.50. The largest absolute Gasteiger partial charge is 0.378 e. The Balaban J connectivity index is 1.50. The van der Waals surface area contributed by atoms with Crippen molar-refractivity contribution in [1.82, 2.24) is 0 Å². The summed E-state index contributed by atoms with van der Waals surface area (Å²) in [5.41, 5.74) is 2.08. The minimum absolute atomic E-state index is 0.00650. The van der Waals surface area contributed by atoms with Crippen LogP contribution in [0.2, 0.25) is 0 Å². The lowest BCUT2D eigenvalue weighted by molar-refractivity contribution is -0.115. The normalized spacial score (nSPS) is 20.6. The average Bonchev–Trinajstić information content (AvgIpc) is 2.64. The van der Waals surface area contributed by atoms with Crippen LogP contribution in [0.5, 0.6) is 0 Å². The number of nitrogens with one attached hydrogen (secondary N) is 1. The third-order valence-electron chi connectivity index (χ3n) is 4.83. The molecule has 1 saturated heterocycles. The van der Waals surface area contributed by atoms with Crippen LogP contribution in [0.1, 0.15) is 39.0 Å². The molecular formula is C19H28N2O2S. The lowest BCUT2D eigenvalue weighted by Gasteiger charge is -2.29. The number of nitrogens with zero attached hydrogens (tertiary/aromatic N) is 1. The summed E-state index contributed by atoms with van der Waals surface area (Å²) in [4.78, 5) is 14.7. The molecule has 1 heterocycles. The molecule has 5 heteroatoms. The van der Waals surface area contributed by atoms with Crippen molar-refractivity contribution in [3.05, 3.63) is 24.3 Å². The second-order valence-corrected chi connectivity index (χ2v) is 8.32. The van der Waals surface area contributed by atoms with E-state index in [1.165, 1.54) is 37.8 Å². The highest BCUT2D eigenvalue weighted by Crippen LogP contribution is 2.31. The Labute approximate surface area is 149 Å². The van der Waals surface area contributed by atoms with E-state index in [9.17, 15) is 4.79 Å². The predicted molar refractivity (Wildman–Crippen MR) is 102 cm³/mol. The Morgan fingerprint density at radius 3 is 2.50 bits per heavy atom. The molecule has 1 amide bonds. The van der Waals surface area contributed by atoms with Crippen LogP contribution in [-0.4, -0.2) is 42.7 Å². The minimum atomic E-state index is 0.00650. The molecule has 1 atom stereocenters. The molecule has 0 bridgehead atoms. The molecule has 0 spiro atoms. The van der Waals surface area contributed by atoms with Crippen molar-refractivity contribution < 1.29 is 9.53 Å². The Kier molecular flexibility index (Phi) is 6.44. The minimum Gasteiger partial charge on any atom is -0.378 e. The van der Waals surface area contributed by atoms with Gasteiger partial charge in [-0.2, -0.15) is 0 Å². The Morgan fingerprint density at radius 1 is 1.17 bits per heavy atom. The van der Waals surface area contributed by atoms with E-state index in [1.54, 1.807) is 0 Å². The summed E-state index contributed by atoms with van der Waals surface area (Å²) in [6, 6.07) is 8.17. The number of carbonyl (C=O) groups is 1. The third kappa shape index (κ3) is 4.90. The molecule has 2 fully saturated rings. The molecule has 1 aromatic rings. The van der Waals surface area contributed by atoms with Crippen molar-refractivity contribution in [3.8, 4) is 0 Å². The number of benzene rings is 1. The van der Waals surface area contributed by atoms with Gasteiger partial charge in [0.25, 0.3) is 0 Å². The van der Waals surface area contributed by atoms with Gasteiger partial charge in [0.05, 0.1) is 18.5 Å². The van der Waals surface area contributed by atoms with Crippen LogP contribution >= 0.6 is 11.8 Å². The number of morpholine rings is 1. The molecule has 2 aliphatic rings. The van der Waals surface area contributed by atoms with E-state index < -0.39 is 0 Å². The van der Waals surface area contributed by atoms with Crippen LogP contribution in [0, 0.1) is 0 Å². The van der Waals surface area contributed by atoms with Crippen LogP contribution in [0.4, 0.5) is 11.4 Å². The van der Waals surface area contributed by atoms with Gasteiger partial charge in [-0.05, 0) is 44.0 Å². The van der Waals surface area contributed by atoms with E-state index in [0.717, 1.165) is 32.0 Å². The number of carbonyl (C=O) groups excluding carboxylic acids is 1. The zero-order valence-electron chi connectivity index (χ0n) is 14.5. The van der Waals surface area contributed by atoms with Crippen LogP contribution in [0.15, 0.2) is 24.3 Å². The van der Waals surface area contributed by atoms with Crippen molar-refractivity contribution >= 4 is 29.0 Å². The van der Waals surface area contributed by atoms with Crippen molar-refractivity contribution in [1.29, 1.82) is 0 Å². The molecule has 1 N–H and O–H groups in total. The summed E-state index contributed by atoms with van der Waals surface area (Å²) in [5, 5.41) is 3.72. The van der Waals surface area contributed by atoms with Crippen molar-refractivity contribution in [2.45, 2.75) is 49.5 Å². The molecule has 0 aromatic heterocycles. The van der Waals surface area contributed by atoms with Crippen molar-refractivity contribution in [2.75, 3.05) is 36.5 Å². The maximum Gasteiger partial charge on any atom is 0.237 e. The van der Waals surface area contributed by atoms with E-state index >= 15 is 0 Å². The lowest BCUT2D eigenvalue weighted by atomic mass is 10.0. The van der Waals surface area contributed by atoms with Crippen LogP contribution in [0.25, 0.3) is 0 Å². The van der Waals surface area contributed by atoms with Crippen LogP contribution in [-0.2, 0) is 9.53 Å². The lowest BCUT2D eigenvalue weighted by Crippen LogP contribution is -2.36. The second-order valence-electron chi connectivity index (χ2n) is 6.67. The zero-order valence-corrected chi connectivity index (χ0v) is 15.3. The number of hydrogen-bond donors (Lipinski definition) is 1. The third-order valence-corrected chi connectivity index (χ3v) is 6.31. The highest BCUT2D eigenvalue weighted by Gasteiger charge is 2.21. The summed E-state index contributed by atoms with van der Waals surface area (Å²) in [7, 11) is 0. The average molecular weight is 349 g/mol. The quantitative estimate of drug-likeness (QED) is 0.876. The van der Waals surface area contributed by atoms with Crippen molar-refractivity contribution in [2.24, 2.45) is 0 Å². The Bertz CT molecular complexity index is 523. The first-order chi connectivity index (χ1) is 11.7. The summed E-state index contributed by atoms with van der Waals surface area (Å²) >= 11 is 1.84. The fraction of sp³-hybridized carbons (Fsp3) is 0.632. The second kappa shape index (κ2) is 8.77. The van der Waals surface area contributed by atoms with Crippen LogP contribution in [0.3, 0.4) is 0 Å². The molecular weight excluding hydrogens is 320 g/mol. The molecule has 1 aliphatic carbocycles. The number of ether oxygens (including phenoxy) is 1. The zero-order chi connectivity index (χ0) is 16.8. The summed E-state index contributed by atoms with van der Waals surface area (Å²) in [5.74, 6) is 0.115. The fourth-order valence-corrected chi connectivity index (χ4v) is 4.74. The van der Waals surface area contributed by atoms with Gasteiger partial charge in [-0.25, -0.2) is 0 Å². The fourth-order valence-electron chi connectivity index (χ4n) is 3.37. The molecule has 3 rings (SSSR count). The molecule has 1 aromatic carbocycles.